The number of nitrogens with zero attached hydrogens (tertiary/aromatic N) is 2. The molecule has 2 amide bonds. The van der Waals surface area contributed by atoms with E-state index < -0.39 is 0 Å². The Morgan fingerprint density at radius 1 is 1.13 bits per heavy atom. The van der Waals surface area contributed by atoms with Crippen molar-refractivity contribution < 1.29 is 14.3 Å². The maximum absolute atomic E-state index is 12.8. The summed E-state index contributed by atoms with van der Waals surface area (Å²) < 4.78 is 6.29. The summed E-state index contributed by atoms with van der Waals surface area (Å²) in [6.07, 6.45) is 0. The van der Waals surface area contributed by atoms with Crippen molar-refractivity contribution in [2.24, 2.45) is 0 Å². The Balaban J connectivity index is 1.65. The van der Waals surface area contributed by atoms with Gasteiger partial charge in [0.1, 0.15) is 5.75 Å². The van der Waals surface area contributed by atoms with Crippen molar-refractivity contribution in [3.8, 4) is 5.75 Å². The van der Waals surface area contributed by atoms with Crippen molar-refractivity contribution in [2.45, 2.75) is 6.92 Å². The van der Waals surface area contributed by atoms with E-state index in [1.54, 1.807) is 42.5 Å². The van der Waals surface area contributed by atoms with Gasteiger partial charge in [0.25, 0.3) is 11.8 Å². The Morgan fingerprint density at radius 2 is 1.87 bits per heavy atom. The molecule has 0 aliphatic carbocycles. The van der Waals surface area contributed by atoms with Gasteiger partial charge in [-0.1, -0.05) is 22.0 Å². The van der Waals surface area contributed by atoms with Gasteiger partial charge in [0.2, 0.25) is 0 Å². The van der Waals surface area contributed by atoms with E-state index in [1.807, 2.05) is 18.9 Å². The summed E-state index contributed by atoms with van der Waals surface area (Å²) >= 11 is 8.67. The van der Waals surface area contributed by atoms with Crippen molar-refractivity contribution in [3.63, 3.8) is 0 Å². The second kappa shape index (κ2) is 10.7. The first-order valence-corrected chi connectivity index (χ1v) is 11.2. The van der Waals surface area contributed by atoms with E-state index in [4.69, 9.17) is 17.0 Å². The van der Waals surface area contributed by atoms with E-state index in [1.165, 1.54) is 0 Å². The van der Waals surface area contributed by atoms with Crippen molar-refractivity contribution in [1.29, 1.82) is 0 Å². The molecule has 0 radical (unpaired) electrons. The van der Waals surface area contributed by atoms with Crippen LogP contribution in [0.25, 0.3) is 0 Å². The van der Waals surface area contributed by atoms with Crippen molar-refractivity contribution in [2.75, 3.05) is 45.2 Å². The number of carbonyl (C=O) groups is 2. The van der Waals surface area contributed by atoms with Crippen LogP contribution in [0.5, 0.6) is 5.75 Å². The molecule has 1 saturated heterocycles. The first-order valence-electron chi connectivity index (χ1n) is 10.00. The van der Waals surface area contributed by atoms with E-state index in [-0.39, 0.29) is 16.9 Å². The number of amides is 2. The van der Waals surface area contributed by atoms with Crippen LogP contribution >= 0.6 is 28.1 Å². The number of hydrogen-bond acceptors (Lipinski definition) is 5. The van der Waals surface area contributed by atoms with Crippen LogP contribution in [0, 0.1) is 0 Å². The Labute approximate surface area is 195 Å². The fourth-order valence-corrected chi connectivity index (χ4v) is 3.79. The van der Waals surface area contributed by atoms with E-state index in [0.717, 1.165) is 17.6 Å². The van der Waals surface area contributed by atoms with Gasteiger partial charge in [0.05, 0.1) is 12.2 Å². The SMILES string of the molecule is CCOc1ccc(Br)cc1C(=O)NC(=S)Nc1cccc(C(=O)N2CCN(C)CC2)c1. The number of hydrogen-bond donors (Lipinski definition) is 2. The summed E-state index contributed by atoms with van der Waals surface area (Å²) in [7, 11) is 2.05. The predicted octanol–water partition coefficient (Wildman–Crippen LogP) is 3.36. The summed E-state index contributed by atoms with van der Waals surface area (Å²) in [5, 5.41) is 5.79. The highest BCUT2D eigenvalue weighted by Crippen LogP contribution is 2.23. The van der Waals surface area contributed by atoms with Gasteiger partial charge in [-0.05, 0) is 62.6 Å². The third-order valence-corrected chi connectivity index (χ3v) is 5.57. The van der Waals surface area contributed by atoms with Gasteiger partial charge in [0, 0.05) is 41.9 Å². The van der Waals surface area contributed by atoms with Crippen molar-refractivity contribution >= 4 is 50.8 Å². The third-order valence-electron chi connectivity index (χ3n) is 4.87. The van der Waals surface area contributed by atoms with Gasteiger partial charge in [-0.2, -0.15) is 0 Å². The highest BCUT2D eigenvalue weighted by Gasteiger charge is 2.21. The Morgan fingerprint density at radius 3 is 2.58 bits per heavy atom. The number of likely N-dealkylation sites (N-methyl/N-ethyl adjacent to an activating group) is 1. The minimum atomic E-state index is -0.382. The fourth-order valence-electron chi connectivity index (χ4n) is 3.22. The molecule has 2 N–H and O–H groups in total. The standard InChI is InChI=1S/C22H25BrN4O3S/c1-3-30-19-8-7-16(23)14-18(19)20(28)25-22(31)24-17-6-4-5-15(13-17)21(29)27-11-9-26(2)10-12-27/h4-8,13-14H,3,9-12H2,1-2H3,(H2,24,25,28,31). The fraction of sp³-hybridized carbons (Fsp3) is 0.318. The molecule has 3 rings (SSSR count). The first-order chi connectivity index (χ1) is 14.9. The molecule has 31 heavy (non-hydrogen) atoms. The Bertz CT molecular complexity index is 977. The molecule has 1 fully saturated rings. The topological polar surface area (TPSA) is 73.9 Å². The monoisotopic (exact) mass is 504 g/mol. The second-order valence-electron chi connectivity index (χ2n) is 7.16. The molecule has 0 bridgehead atoms. The number of halogens is 1. The van der Waals surface area contributed by atoms with E-state index in [2.05, 4.69) is 31.5 Å². The molecule has 0 atom stereocenters. The summed E-state index contributed by atoms with van der Waals surface area (Å²) in [6, 6.07) is 12.3. The van der Waals surface area contributed by atoms with Crippen molar-refractivity contribution in [3.05, 3.63) is 58.1 Å². The van der Waals surface area contributed by atoms with Crippen LogP contribution in [0.3, 0.4) is 0 Å². The van der Waals surface area contributed by atoms with Gasteiger partial charge in [-0.15, -0.1) is 0 Å². The van der Waals surface area contributed by atoms with Gasteiger partial charge in [-0.3, -0.25) is 14.9 Å². The smallest absolute Gasteiger partial charge is 0.261 e. The largest absolute Gasteiger partial charge is 0.493 e. The molecule has 0 saturated carbocycles. The minimum Gasteiger partial charge on any atom is -0.493 e. The van der Waals surface area contributed by atoms with E-state index in [9.17, 15) is 9.59 Å². The zero-order valence-electron chi connectivity index (χ0n) is 17.5. The number of piperazine rings is 1. The third kappa shape index (κ3) is 6.25. The normalized spacial score (nSPS) is 14.1. The van der Waals surface area contributed by atoms with Crippen LogP contribution in [-0.2, 0) is 0 Å². The predicted molar refractivity (Wildman–Crippen MR) is 129 cm³/mol. The molecule has 0 unspecified atom stereocenters. The number of rotatable bonds is 5. The lowest BCUT2D eigenvalue weighted by Crippen LogP contribution is -2.47. The molecule has 0 spiro atoms. The lowest BCUT2D eigenvalue weighted by molar-refractivity contribution is 0.0664. The summed E-state index contributed by atoms with van der Waals surface area (Å²) in [4.78, 5) is 29.5. The highest BCUT2D eigenvalue weighted by molar-refractivity contribution is 9.10. The maximum atomic E-state index is 12.8. The van der Waals surface area contributed by atoms with Crippen molar-refractivity contribution in [1.82, 2.24) is 15.1 Å². The number of carbonyl (C=O) groups excluding carboxylic acids is 2. The molecular weight excluding hydrogens is 480 g/mol. The quantitative estimate of drug-likeness (QED) is 0.608. The van der Waals surface area contributed by atoms with Crippen LogP contribution in [-0.4, -0.2) is 66.6 Å². The molecule has 2 aromatic rings. The number of thiocarbonyl (C=S) groups is 1. The molecular formula is C22H25BrN4O3S. The first kappa shape index (κ1) is 23.2. The molecule has 164 valence electrons. The molecule has 9 heteroatoms. The Kier molecular flexibility index (Phi) is 8.00. The van der Waals surface area contributed by atoms with Crippen LogP contribution in [0.15, 0.2) is 46.9 Å². The average molecular weight is 505 g/mol. The van der Waals surface area contributed by atoms with Gasteiger partial charge < -0.3 is 19.9 Å². The molecule has 7 nitrogen and oxygen atoms in total. The van der Waals surface area contributed by atoms with Crippen LogP contribution in [0.1, 0.15) is 27.6 Å². The number of ether oxygens (including phenoxy) is 1. The average Bonchev–Trinajstić information content (AvgIpc) is 2.75. The highest BCUT2D eigenvalue weighted by atomic mass is 79.9. The Hall–Kier alpha value is -2.49. The van der Waals surface area contributed by atoms with Crippen LogP contribution in [0.4, 0.5) is 5.69 Å². The lowest BCUT2D eigenvalue weighted by atomic mass is 10.1. The maximum Gasteiger partial charge on any atom is 0.261 e. The second-order valence-corrected chi connectivity index (χ2v) is 8.48. The molecule has 2 aromatic carbocycles. The van der Waals surface area contributed by atoms with Gasteiger partial charge in [-0.25, -0.2) is 0 Å². The molecule has 1 aliphatic rings. The number of benzene rings is 2. The zero-order chi connectivity index (χ0) is 22.4. The zero-order valence-corrected chi connectivity index (χ0v) is 19.9. The molecule has 1 heterocycles. The number of nitrogens with one attached hydrogen (secondary N) is 2. The minimum absolute atomic E-state index is 0.0119. The summed E-state index contributed by atoms with van der Waals surface area (Å²) in [5.41, 5.74) is 1.58. The van der Waals surface area contributed by atoms with E-state index >= 15 is 0 Å². The molecule has 0 aromatic heterocycles. The van der Waals surface area contributed by atoms with Crippen LogP contribution in [0.2, 0.25) is 0 Å². The summed E-state index contributed by atoms with van der Waals surface area (Å²) in [5.74, 6) is 0.0832. The summed E-state index contributed by atoms with van der Waals surface area (Å²) in [6.45, 7) is 5.43. The van der Waals surface area contributed by atoms with E-state index in [0.29, 0.717) is 42.3 Å². The number of anilines is 1. The van der Waals surface area contributed by atoms with Crippen LogP contribution < -0.4 is 15.4 Å². The lowest BCUT2D eigenvalue weighted by Gasteiger charge is -2.32. The van der Waals surface area contributed by atoms with Gasteiger partial charge >= 0.3 is 0 Å². The van der Waals surface area contributed by atoms with Gasteiger partial charge in [0.15, 0.2) is 5.11 Å². The molecule has 1 aliphatic heterocycles.